The first kappa shape index (κ1) is 28.2. The standard InChI is InChI=1S/C27H32N4O7/c1-17(2)38-26(33)23-18(3)28-27(34)30(24(23)19-9-6-11-21(15-19)31(35)36)14-8-13-29(4)25(32)20-10-7-12-22(16-20)37-5/h6-7,9-12,15-17,24H,8,13-14H2,1-5H3,(H,28,34). The van der Waals surface area contributed by atoms with E-state index in [9.17, 15) is 24.5 Å². The number of carbonyl (C=O) groups excluding carboxylic acids is 3. The highest BCUT2D eigenvalue weighted by Gasteiger charge is 2.39. The number of rotatable bonds is 10. The van der Waals surface area contributed by atoms with E-state index in [0.717, 1.165) is 0 Å². The van der Waals surface area contributed by atoms with Crippen LogP contribution in [0.1, 0.15) is 49.2 Å². The normalized spacial score (nSPS) is 15.3. The van der Waals surface area contributed by atoms with Crippen LogP contribution in [0.4, 0.5) is 10.5 Å². The molecule has 0 fully saturated rings. The van der Waals surface area contributed by atoms with Crippen molar-refractivity contribution in [1.29, 1.82) is 0 Å². The van der Waals surface area contributed by atoms with Crippen LogP contribution in [0, 0.1) is 10.1 Å². The molecule has 1 aliphatic rings. The minimum absolute atomic E-state index is 0.161. The Bertz CT molecular complexity index is 1260. The molecule has 2 aromatic carbocycles. The molecule has 11 nitrogen and oxygen atoms in total. The van der Waals surface area contributed by atoms with Gasteiger partial charge >= 0.3 is 12.0 Å². The second kappa shape index (κ2) is 12.2. The fourth-order valence-corrected chi connectivity index (χ4v) is 4.26. The Balaban J connectivity index is 1.86. The van der Waals surface area contributed by atoms with E-state index in [1.165, 1.54) is 35.1 Å². The molecule has 0 saturated heterocycles. The largest absolute Gasteiger partial charge is 0.497 e. The number of hydrogen-bond donors (Lipinski definition) is 1. The Kier molecular flexibility index (Phi) is 9.06. The topological polar surface area (TPSA) is 131 Å². The molecule has 0 radical (unpaired) electrons. The number of allylic oxidation sites excluding steroid dienone is 1. The number of carbonyl (C=O) groups is 3. The molecule has 1 N–H and O–H groups in total. The van der Waals surface area contributed by atoms with Gasteiger partial charge in [-0.05, 0) is 51.0 Å². The third-order valence-corrected chi connectivity index (χ3v) is 6.06. The molecule has 11 heteroatoms. The molecule has 3 amide bonds. The lowest BCUT2D eigenvalue weighted by atomic mass is 9.93. The highest BCUT2D eigenvalue weighted by Crippen LogP contribution is 2.36. The van der Waals surface area contributed by atoms with E-state index >= 15 is 0 Å². The summed E-state index contributed by atoms with van der Waals surface area (Å²) in [5, 5.41) is 14.1. The Hall–Kier alpha value is -4.41. The average Bonchev–Trinajstić information content (AvgIpc) is 2.88. The van der Waals surface area contributed by atoms with Crippen molar-refractivity contribution in [3.8, 4) is 5.75 Å². The van der Waals surface area contributed by atoms with E-state index < -0.39 is 29.1 Å². The summed E-state index contributed by atoms with van der Waals surface area (Å²) in [6.45, 7) is 5.50. The zero-order valence-corrected chi connectivity index (χ0v) is 22.1. The highest BCUT2D eigenvalue weighted by molar-refractivity contribution is 5.95. The quantitative estimate of drug-likeness (QED) is 0.282. The second-order valence-electron chi connectivity index (χ2n) is 9.18. The van der Waals surface area contributed by atoms with Crippen LogP contribution in [-0.2, 0) is 9.53 Å². The maximum absolute atomic E-state index is 13.1. The van der Waals surface area contributed by atoms with Gasteiger partial charge in [0.25, 0.3) is 11.6 Å². The lowest BCUT2D eigenvalue weighted by Gasteiger charge is -2.38. The lowest BCUT2D eigenvalue weighted by Crippen LogP contribution is -2.49. The molecule has 3 rings (SSSR count). The number of methoxy groups -OCH3 is 1. The van der Waals surface area contributed by atoms with Gasteiger partial charge in [0.05, 0.1) is 29.8 Å². The van der Waals surface area contributed by atoms with Crippen LogP contribution >= 0.6 is 0 Å². The fraction of sp³-hybridized carbons (Fsp3) is 0.370. The molecule has 2 aromatic rings. The zero-order valence-electron chi connectivity index (χ0n) is 22.1. The van der Waals surface area contributed by atoms with Gasteiger partial charge in [-0.15, -0.1) is 0 Å². The molecule has 0 bridgehead atoms. The first-order chi connectivity index (χ1) is 18.0. The molecule has 1 unspecified atom stereocenters. The average molecular weight is 525 g/mol. The van der Waals surface area contributed by atoms with Crippen molar-refractivity contribution >= 4 is 23.6 Å². The number of nitrogens with one attached hydrogen (secondary N) is 1. The predicted octanol–water partition coefficient (Wildman–Crippen LogP) is 4.06. The molecule has 1 aliphatic heterocycles. The predicted molar refractivity (Wildman–Crippen MR) is 140 cm³/mol. The monoisotopic (exact) mass is 524 g/mol. The van der Waals surface area contributed by atoms with Crippen LogP contribution in [0.3, 0.4) is 0 Å². The first-order valence-electron chi connectivity index (χ1n) is 12.2. The molecular weight excluding hydrogens is 492 g/mol. The van der Waals surface area contributed by atoms with Crippen LogP contribution < -0.4 is 10.1 Å². The number of esters is 1. The maximum Gasteiger partial charge on any atom is 0.338 e. The van der Waals surface area contributed by atoms with Crippen LogP contribution in [-0.4, -0.2) is 66.0 Å². The van der Waals surface area contributed by atoms with E-state index in [0.29, 0.717) is 35.5 Å². The van der Waals surface area contributed by atoms with E-state index in [1.807, 2.05) is 0 Å². The Morgan fingerprint density at radius 3 is 2.55 bits per heavy atom. The third kappa shape index (κ3) is 6.47. The summed E-state index contributed by atoms with van der Waals surface area (Å²) in [6.07, 6.45) is -0.0210. The first-order valence-corrected chi connectivity index (χ1v) is 12.2. The number of ether oxygens (including phenoxy) is 2. The maximum atomic E-state index is 13.1. The van der Waals surface area contributed by atoms with Crippen molar-refractivity contribution in [2.45, 2.75) is 39.3 Å². The smallest absolute Gasteiger partial charge is 0.338 e. The van der Waals surface area contributed by atoms with Crippen LogP contribution in [0.2, 0.25) is 0 Å². The molecular formula is C27H32N4O7. The summed E-state index contributed by atoms with van der Waals surface area (Å²) in [7, 11) is 3.18. The van der Waals surface area contributed by atoms with E-state index in [2.05, 4.69) is 5.32 Å². The van der Waals surface area contributed by atoms with E-state index in [-0.39, 0.29) is 23.7 Å². The molecule has 0 aromatic heterocycles. The van der Waals surface area contributed by atoms with E-state index in [4.69, 9.17) is 9.47 Å². The molecule has 0 saturated carbocycles. The summed E-state index contributed by atoms with van der Waals surface area (Å²) in [5.74, 6) is -0.263. The summed E-state index contributed by atoms with van der Waals surface area (Å²) < 4.78 is 10.6. The molecule has 202 valence electrons. The summed E-state index contributed by atoms with van der Waals surface area (Å²) >= 11 is 0. The number of benzene rings is 2. The number of urea groups is 1. The van der Waals surface area contributed by atoms with Crippen molar-refractivity contribution < 1.29 is 28.8 Å². The van der Waals surface area contributed by atoms with Gasteiger partial charge in [-0.25, -0.2) is 9.59 Å². The van der Waals surface area contributed by atoms with Gasteiger partial charge in [-0.1, -0.05) is 18.2 Å². The van der Waals surface area contributed by atoms with Crippen molar-refractivity contribution in [1.82, 2.24) is 15.1 Å². The third-order valence-electron chi connectivity index (χ3n) is 6.06. The molecule has 0 spiro atoms. The van der Waals surface area contributed by atoms with Gasteiger partial charge in [-0.2, -0.15) is 0 Å². The molecule has 1 heterocycles. The van der Waals surface area contributed by atoms with Crippen molar-refractivity contribution in [3.05, 3.63) is 81.0 Å². The van der Waals surface area contributed by atoms with Gasteiger partial charge in [0, 0.05) is 43.5 Å². The SMILES string of the molecule is COc1cccc(C(=O)N(C)CCCN2C(=O)NC(C)=C(C(=O)OC(C)C)C2c2cccc([N+](=O)[O-])c2)c1. The van der Waals surface area contributed by atoms with Gasteiger partial charge in [-0.3, -0.25) is 14.9 Å². The summed E-state index contributed by atoms with van der Waals surface area (Å²) in [6, 6.07) is 11.3. The molecule has 1 atom stereocenters. The second-order valence-corrected chi connectivity index (χ2v) is 9.18. The van der Waals surface area contributed by atoms with Crippen LogP contribution in [0.15, 0.2) is 59.8 Å². The van der Waals surface area contributed by atoms with Crippen molar-refractivity contribution in [3.63, 3.8) is 0 Å². The van der Waals surface area contributed by atoms with E-state index in [1.54, 1.807) is 58.2 Å². The number of nitro groups is 1. The number of amides is 3. The van der Waals surface area contributed by atoms with Gasteiger partial charge in [0.15, 0.2) is 0 Å². The number of nitrogens with zero attached hydrogens (tertiary/aromatic N) is 3. The van der Waals surface area contributed by atoms with Gasteiger partial charge in [0.2, 0.25) is 0 Å². The van der Waals surface area contributed by atoms with Crippen molar-refractivity contribution in [2.75, 3.05) is 27.2 Å². The highest BCUT2D eigenvalue weighted by atomic mass is 16.6. The summed E-state index contributed by atoms with van der Waals surface area (Å²) in [4.78, 5) is 53.0. The lowest BCUT2D eigenvalue weighted by molar-refractivity contribution is -0.384. The molecule has 0 aliphatic carbocycles. The Morgan fingerprint density at radius 1 is 1.18 bits per heavy atom. The van der Waals surface area contributed by atoms with Crippen LogP contribution in [0.5, 0.6) is 5.75 Å². The Morgan fingerprint density at radius 2 is 1.89 bits per heavy atom. The number of non-ortho nitro benzene ring substituents is 1. The number of hydrogen-bond acceptors (Lipinski definition) is 7. The number of nitro benzene ring substituents is 1. The van der Waals surface area contributed by atoms with Crippen LogP contribution in [0.25, 0.3) is 0 Å². The van der Waals surface area contributed by atoms with Gasteiger partial charge in [0.1, 0.15) is 5.75 Å². The Labute approximate surface area is 221 Å². The minimum Gasteiger partial charge on any atom is -0.497 e. The van der Waals surface area contributed by atoms with Gasteiger partial charge < -0.3 is 24.6 Å². The summed E-state index contributed by atoms with van der Waals surface area (Å²) in [5.41, 5.74) is 1.23. The zero-order chi connectivity index (χ0) is 28.0. The molecule has 38 heavy (non-hydrogen) atoms. The minimum atomic E-state index is -0.908. The fourth-order valence-electron chi connectivity index (χ4n) is 4.26. The van der Waals surface area contributed by atoms with Crippen molar-refractivity contribution in [2.24, 2.45) is 0 Å².